The summed E-state index contributed by atoms with van der Waals surface area (Å²) in [6, 6.07) is 17.8. The van der Waals surface area contributed by atoms with Gasteiger partial charge in [0, 0.05) is 19.4 Å². The van der Waals surface area contributed by atoms with Crippen LogP contribution < -0.4 is 27.0 Å². The minimum atomic E-state index is -0.577. The van der Waals surface area contributed by atoms with Gasteiger partial charge in [0.1, 0.15) is 6.04 Å². The van der Waals surface area contributed by atoms with E-state index in [1.807, 2.05) is 37.3 Å². The third-order valence-electron chi connectivity index (χ3n) is 5.97. The van der Waals surface area contributed by atoms with Crippen molar-refractivity contribution >= 4 is 11.8 Å². The lowest BCUT2D eigenvalue weighted by atomic mass is 10.00. The van der Waals surface area contributed by atoms with Gasteiger partial charge in [0.05, 0.1) is 0 Å². The zero-order chi connectivity index (χ0) is 25.8. The summed E-state index contributed by atoms with van der Waals surface area (Å²) in [5.74, 6) is -0.215. The number of hydrogen-bond donors (Lipinski definition) is 5. The number of unbranched alkanes of at least 4 members (excludes halogenated alkanes) is 1. The van der Waals surface area contributed by atoms with E-state index in [0.29, 0.717) is 19.4 Å². The predicted octanol–water partition coefficient (Wildman–Crippen LogP) is 3.00. The zero-order valence-corrected chi connectivity index (χ0v) is 21.9. The summed E-state index contributed by atoms with van der Waals surface area (Å²) in [7, 11) is 0. The van der Waals surface area contributed by atoms with Crippen molar-refractivity contribution in [3.63, 3.8) is 0 Å². The van der Waals surface area contributed by atoms with E-state index < -0.39 is 6.04 Å². The average Bonchev–Trinajstić information content (AvgIpc) is 2.90. The lowest BCUT2D eigenvalue weighted by Gasteiger charge is -2.19. The average molecular weight is 496 g/mol. The summed E-state index contributed by atoms with van der Waals surface area (Å²) in [5.41, 5.74) is 8.79. The van der Waals surface area contributed by atoms with Gasteiger partial charge in [0.25, 0.3) is 0 Å². The van der Waals surface area contributed by atoms with Crippen LogP contribution in [0.15, 0.2) is 54.6 Å². The molecule has 0 aromatic heterocycles. The molecule has 2 rings (SSSR count). The van der Waals surface area contributed by atoms with E-state index in [9.17, 15) is 9.59 Å². The highest BCUT2D eigenvalue weighted by Crippen LogP contribution is 2.19. The standard InChI is InChI=1S/C29H45N5O2/c1-2-10-28(35)34-27(23-24-13-15-26(16-14-24)25-11-4-3-5-12-25)29(36)33-22-9-21-32-19-7-6-18-31-20-8-17-30/h3-5,11-16,27,31-32H,2,6-10,17-23,30H2,1H3,(H,33,36)(H,34,35)/t27-/m0/s1. The largest absolute Gasteiger partial charge is 0.354 e. The Morgan fingerprint density at radius 2 is 1.39 bits per heavy atom. The molecule has 0 spiro atoms. The van der Waals surface area contributed by atoms with Crippen LogP contribution in [-0.2, 0) is 16.0 Å². The van der Waals surface area contributed by atoms with E-state index in [1.54, 1.807) is 0 Å². The Morgan fingerprint density at radius 1 is 0.778 bits per heavy atom. The number of hydrogen-bond acceptors (Lipinski definition) is 5. The number of carbonyl (C=O) groups is 2. The van der Waals surface area contributed by atoms with Crippen LogP contribution in [0.1, 0.15) is 51.0 Å². The monoisotopic (exact) mass is 495 g/mol. The van der Waals surface area contributed by atoms with Crippen LogP contribution >= 0.6 is 0 Å². The first-order valence-corrected chi connectivity index (χ1v) is 13.5. The summed E-state index contributed by atoms with van der Waals surface area (Å²) >= 11 is 0. The first-order chi connectivity index (χ1) is 17.6. The normalized spacial score (nSPS) is 11.7. The van der Waals surface area contributed by atoms with Crippen molar-refractivity contribution in [1.29, 1.82) is 0 Å². The Bertz CT molecular complexity index is 858. The fourth-order valence-corrected chi connectivity index (χ4v) is 3.93. The van der Waals surface area contributed by atoms with Crippen molar-refractivity contribution in [2.45, 2.75) is 57.9 Å². The SMILES string of the molecule is CCCC(=O)N[C@@H](Cc1ccc(-c2ccccc2)cc1)C(=O)NCCCNCCCCNCCCN. The highest BCUT2D eigenvalue weighted by molar-refractivity contribution is 5.87. The molecule has 7 heteroatoms. The fraction of sp³-hybridized carbons (Fsp3) is 0.517. The van der Waals surface area contributed by atoms with Gasteiger partial charge >= 0.3 is 0 Å². The molecule has 0 heterocycles. The van der Waals surface area contributed by atoms with Crippen molar-refractivity contribution in [1.82, 2.24) is 21.3 Å². The molecule has 7 nitrogen and oxygen atoms in total. The van der Waals surface area contributed by atoms with Gasteiger partial charge in [-0.3, -0.25) is 9.59 Å². The second kappa shape index (κ2) is 18.5. The van der Waals surface area contributed by atoms with E-state index >= 15 is 0 Å². The molecular formula is C29H45N5O2. The molecular weight excluding hydrogens is 450 g/mol. The smallest absolute Gasteiger partial charge is 0.242 e. The topological polar surface area (TPSA) is 108 Å². The van der Waals surface area contributed by atoms with Gasteiger partial charge < -0.3 is 27.0 Å². The Kier molecular flexibility index (Phi) is 15.2. The molecule has 0 saturated carbocycles. The van der Waals surface area contributed by atoms with Crippen molar-refractivity contribution in [2.24, 2.45) is 5.73 Å². The van der Waals surface area contributed by atoms with Gasteiger partial charge in [-0.1, -0.05) is 61.5 Å². The van der Waals surface area contributed by atoms with E-state index in [-0.39, 0.29) is 11.8 Å². The second-order valence-corrected chi connectivity index (χ2v) is 9.13. The molecule has 1 atom stereocenters. The van der Waals surface area contributed by atoms with E-state index in [2.05, 4.69) is 45.5 Å². The Hall–Kier alpha value is -2.74. The molecule has 0 aliphatic rings. The molecule has 0 aliphatic carbocycles. The Morgan fingerprint density at radius 3 is 2.03 bits per heavy atom. The van der Waals surface area contributed by atoms with Gasteiger partial charge in [-0.05, 0) is 81.5 Å². The van der Waals surface area contributed by atoms with Crippen molar-refractivity contribution < 1.29 is 9.59 Å². The number of carbonyl (C=O) groups excluding carboxylic acids is 2. The summed E-state index contributed by atoms with van der Waals surface area (Å²) in [6.45, 7) is 7.12. The van der Waals surface area contributed by atoms with Crippen molar-refractivity contribution in [2.75, 3.05) is 39.3 Å². The molecule has 0 unspecified atom stereocenters. The first kappa shape index (κ1) is 29.5. The van der Waals surface area contributed by atoms with Crippen LogP contribution in [0.2, 0.25) is 0 Å². The number of nitrogens with one attached hydrogen (secondary N) is 4. The van der Waals surface area contributed by atoms with Crippen molar-refractivity contribution in [3.8, 4) is 11.1 Å². The number of nitrogens with two attached hydrogens (primary N) is 1. The quantitative estimate of drug-likeness (QED) is 0.193. The predicted molar refractivity (Wildman–Crippen MR) is 149 cm³/mol. The second-order valence-electron chi connectivity index (χ2n) is 9.13. The van der Waals surface area contributed by atoms with Crippen molar-refractivity contribution in [3.05, 3.63) is 60.2 Å². The molecule has 6 N–H and O–H groups in total. The van der Waals surface area contributed by atoms with Gasteiger partial charge in [0.2, 0.25) is 11.8 Å². The van der Waals surface area contributed by atoms with Gasteiger partial charge in [-0.2, -0.15) is 0 Å². The Labute approximate surface area is 217 Å². The van der Waals surface area contributed by atoms with E-state index in [4.69, 9.17) is 5.73 Å². The molecule has 0 bridgehead atoms. The van der Waals surface area contributed by atoms with Gasteiger partial charge in [-0.15, -0.1) is 0 Å². The fourth-order valence-electron chi connectivity index (χ4n) is 3.93. The van der Waals surface area contributed by atoms with E-state index in [1.165, 1.54) is 0 Å². The highest BCUT2D eigenvalue weighted by Gasteiger charge is 2.20. The van der Waals surface area contributed by atoms with Crippen LogP contribution in [0, 0.1) is 0 Å². The molecule has 2 aromatic carbocycles. The van der Waals surface area contributed by atoms with E-state index in [0.717, 1.165) is 81.5 Å². The van der Waals surface area contributed by atoms with Crippen LogP contribution in [-0.4, -0.2) is 57.1 Å². The molecule has 2 aromatic rings. The molecule has 0 radical (unpaired) electrons. The molecule has 198 valence electrons. The van der Waals surface area contributed by atoms with Crippen LogP contribution in [0.4, 0.5) is 0 Å². The molecule has 0 saturated heterocycles. The maximum Gasteiger partial charge on any atom is 0.242 e. The number of amides is 2. The summed E-state index contributed by atoms with van der Waals surface area (Å²) in [4.78, 5) is 25.1. The minimum Gasteiger partial charge on any atom is -0.354 e. The summed E-state index contributed by atoms with van der Waals surface area (Å²) < 4.78 is 0. The number of benzene rings is 2. The van der Waals surface area contributed by atoms with Crippen LogP contribution in [0.3, 0.4) is 0 Å². The summed E-state index contributed by atoms with van der Waals surface area (Å²) in [6.07, 6.45) is 5.77. The molecule has 2 amide bonds. The molecule has 36 heavy (non-hydrogen) atoms. The lowest BCUT2D eigenvalue weighted by Crippen LogP contribution is -2.48. The van der Waals surface area contributed by atoms with Crippen LogP contribution in [0.25, 0.3) is 11.1 Å². The maximum atomic E-state index is 12.9. The maximum absolute atomic E-state index is 12.9. The summed E-state index contributed by atoms with van der Waals surface area (Å²) in [5, 5.41) is 12.7. The number of rotatable bonds is 19. The van der Waals surface area contributed by atoms with Crippen LogP contribution in [0.5, 0.6) is 0 Å². The third-order valence-corrected chi connectivity index (χ3v) is 5.97. The Balaban J connectivity index is 1.74. The lowest BCUT2D eigenvalue weighted by molar-refractivity contribution is -0.129. The minimum absolute atomic E-state index is 0.0854. The molecule has 0 fully saturated rings. The van der Waals surface area contributed by atoms with Gasteiger partial charge in [0.15, 0.2) is 0 Å². The first-order valence-electron chi connectivity index (χ1n) is 13.5. The molecule has 0 aliphatic heterocycles. The third kappa shape index (κ3) is 12.3. The van der Waals surface area contributed by atoms with Gasteiger partial charge in [-0.25, -0.2) is 0 Å². The highest BCUT2D eigenvalue weighted by atomic mass is 16.2. The zero-order valence-electron chi connectivity index (χ0n) is 21.9.